The summed E-state index contributed by atoms with van der Waals surface area (Å²) in [7, 11) is 0. The molecule has 0 saturated carbocycles. The Kier molecular flexibility index (Phi) is 5.51. The first-order chi connectivity index (χ1) is 10.4. The minimum Gasteiger partial charge on any atom is -0.480 e. The summed E-state index contributed by atoms with van der Waals surface area (Å²) in [6, 6.07) is 9.07. The Morgan fingerprint density at radius 3 is 2.55 bits per heavy atom. The van der Waals surface area contributed by atoms with Crippen LogP contribution in [0, 0.1) is 0 Å². The quantitative estimate of drug-likeness (QED) is 0.837. The first-order valence-corrected chi connectivity index (χ1v) is 7.62. The Hall–Kier alpha value is -1.49. The van der Waals surface area contributed by atoms with Crippen LogP contribution >= 0.6 is 23.2 Å². The summed E-state index contributed by atoms with van der Waals surface area (Å²) in [5.74, 6) is 0.522. The van der Waals surface area contributed by atoms with Crippen LogP contribution in [-0.2, 0) is 11.3 Å². The molecule has 0 spiro atoms. The van der Waals surface area contributed by atoms with Crippen molar-refractivity contribution in [2.24, 2.45) is 0 Å². The van der Waals surface area contributed by atoms with Gasteiger partial charge in [-0.1, -0.05) is 23.2 Å². The van der Waals surface area contributed by atoms with Gasteiger partial charge < -0.3 is 9.52 Å². The molecule has 0 radical (unpaired) electrons. The number of aliphatic carboxylic acids is 1. The molecule has 0 aliphatic carbocycles. The third-order valence-corrected chi connectivity index (χ3v) is 4.03. The van der Waals surface area contributed by atoms with Crippen molar-refractivity contribution in [3.8, 4) is 11.3 Å². The van der Waals surface area contributed by atoms with Crippen molar-refractivity contribution in [1.82, 2.24) is 4.90 Å². The standard InChI is InChI=1S/C16H17Cl2NO3/c1-10(2)19(9-16(20)21)8-12-4-6-15(22-12)11-3-5-13(17)14(18)7-11/h3-7,10H,8-9H2,1-2H3,(H,20,21). The summed E-state index contributed by atoms with van der Waals surface area (Å²) < 4.78 is 5.79. The Morgan fingerprint density at radius 1 is 1.23 bits per heavy atom. The third kappa shape index (κ3) is 4.26. The van der Waals surface area contributed by atoms with Crippen LogP contribution in [0.5, 0.6) is 0 Å². The van der Waals surface area contributed by atoms with E-state index in [1.807, 2.05) is 36.9 Å². The van der Waals surface area contributed by atoms with Gasteiger partial charge in [-0.3, -0.25) is 9.69 Å². The summed E-state index contributed by atoms with van der Waals surface area (Å²) in [6.45, 7) is 4.31. The van der Waals surface area contributed by atoms with E-state index in [4.69, 9.17) is 32.7 Å². The molecule has 1 aromatic carbocycles. The summed E-state index contributed by atoms with van der Waals surface area (Å²) in [6.07, 6.45) is 0. The molecule has 0 amide bonds. The molecule has 2 rings (SSSR count). The van der Waals surface area contributed by atoms with E-state index in [-0.39, 0.29) is 12.6 Å². The third-order valence-electron chi connectivity index (χ3n) is 3.29. The van der Waals surface area contributed by atoms with Crippen LogP contribution in [0.15, 0.2) is 34.7 Å². The zero-order valence-corrected chi connectivity index (χ0v) is 13.9. The maximum Gasteiger partial charge on any atom is 0.317 e. The second-order valence-corrected chi connectivity index (χ2v) is 6.10. The highest BCUT2D eigenvalue weighted by molar-refractivity contribution is 6.42. The molecule has 1 heterocycles. The zero-order valence-electron chi connectivity index (χ0n) is 12.3. The van der Waals surface area contributed by atoms with Crippen LogP contribution in [0.2, 0.25) is 10.0 Å². The van der Waals surface area contributed by atoms with E-state index < -0.39 is 5.97 Å². The lowest BCUT2D eigenvalue weighted by atomic mass is 10.2. The molecule has 0 saturated heterocycles. The Balaban J connectivity index is 2.16. The molecule has 0 aliphatic rings. The molecule has 2 aromatic rings. The highest BCUT2D eigenvalue weighted by Gasteiger charge is 2.16. The van der Waals surface area contributed by atoms with Crippen LogP contribution < -0.4 is 0 Å². The van der Waals surface area contributed by atoms with Gasteiger partial charge in [-0.25, -0.2) is 0 Å². The van der Waals surface area contributed by atoms with E-state index in [0.717, 1.165) is 5.56 Å². The molecule has 0 unspecified atom stereocenters. The average molecular weight is 342 g/mol. The van der Waals surface area contributed by atoms with Crippen LogP contribution in [0.25, 0.3) is 11.3 Å². The first kappa shape index (κ1) is 16.9. The number of hydrogen-bond acceptors (Lipinski definition) is 3. The molecule has 0 atom stereocenters. The number of rotatable bonds is 6. The van der Waals surface area contributed by atoms with E-state index in [9.17, 15) is 4.79 Å². The molecular formula is C16H17Cl2NO3. The Morgan fingerprint density at radius 2 is 1.95 bits per heavy atom. The molecule has 1 aromatic heterocycles. The van der Waals surface area contributed by atoms with E-state index in [2.05, 4.69) is 0 Å². The van der Waals surface area contributed by atoms with Crippen molar-refractivity contribution < 1.29 is 14.3 Å². The predicted octanol–water partition coefficient (Wildman–Crippen LogP) is 4.55. The lowest BCUT2D eigenvalue weighted by molar-refractivity contribution is -0.139. The highest BCUT2D eigenvalue weighted by atomic mass is 35.5. The number of halogens is 2. The fourth-order valence-electron chi connectivity index (χ4n) is 2.06. The van der Waals surface area contributed by atoms with Crippen molar-refractivity contribution in [3.63, 3.8) is 0 Å². The van der Waals surface area contributed by atoms with Crippen molar-refractivity contribution in [1.29, 1.82) is 0 Å². The van der Waals surface area contributed by atoms with Crippen molar-refractivity contribution >= 4 is 29.2 Å². The number of carboxylic acids is 1. The molecule has 4 nitrogen and oxygen atoms in total. The van der Waals surface area contributed by atoms with Gasteiger partial charge in [0.15, 0.2) is 0 Å². The maximum atomic E-state index is 10.9. The van der Waals surface area contributed by atoms with Crippen LogP contribution in [0.3, 0.4) is 0 Å². The normalized spacial score (nSPS) is 11.4. The second-order valence-electron chi connectivity index (χ2n) is 5.29. The first-order valence-electron chi connectivity index (χ1n) is 6.87. The summed E-state index contributed by atoms with van der Waals surface area (Å²) in [5.41, 5.74) is 0.829. The van der Waals surface area contributed by atoms with Gasteiger partial charge in [-0.15, -0.1) is 0 Å². The smallest absolute Gasteiger partial charge is 0.317 e. The maximum absolute atomic E-state index is 10.9. The molecule has 0 aliphatic heterocycles. The minimum atomic E-state index is -0.857. The van der Waals surface area contributed by atoms with Gasteiger partial charge in [-0.05, 0) is 44.2 Å². The zero-order chi connectivity index (χ0) is 16.3. The molecular weight excluding hydrogens is 325 g/mol. The van der Waals surface area contributed by atoms with E-state index >= 15 is 0 Å². The van der Waals surface area contributed by atoms with Gasteiger partial charge in [0.25, 0.3) is 0 Å². The molecule has 0 bridgehead atoms. The van der Waals surface area contributed by atoms with Crippen molar-refractivity contribution in [2.75, 3.05) is 6.54 Å². The minimum absolute atomic E-state index is 0.0273. The lowest BCUT2D eigenvalue weighted by Gasteiger charge is -2.23. The SMILES string of the molecule is CC(C)N(CC(=O)O)Cc1ccc(-c2ccc(Cl)c(Cl)c2)o1. The van der Waals surface area contributed by atoms with Crippen molar-refractivity contribution in [3.05, 3.63) is 46.1 Å². The summed E-state index contributed by atoms with van der Waals surface area (Å²) in [5, 5.41) is 9.91. The van der Waals surface area contributed by atoms with Gasteiger partial charge >= 0.3 is 5.97 Å². The summed E-state index contributed by atoms with van der Waals surface area (Å²) in [4.78, 5) is 12.7. The fraction of sp³-hybridized carbons (Fsp3) is 0.312. The van der Waals surface area contributed by atoms with Gasteiger partial charge in [0.2, 0.25) is 0 Å². The Labute approximate surface area is 139 Å². The molecule has 6 heteroatoms. The number of nitrogens with zero attached hydrogens (tertiary/aromatic N) is 1. The topological polar surface area (TPSA) is 53.7 Å². The van der Waals surface area contributed by atoms with Gasteiger partial charge in [0.05, 0.1) is 23.1 Å². The highest BCUT2D eigenvalue weighted by Crippen LogP contribution is 2.29. The number of carbonyl (C=O) groups is 1. The van der Waals surface area contributed by atoms with Crippen LogP contribution in [-0.4, -0.2) is 28.6 Å². The number of carboxylic acid groups (broad SMARTS) is 1. The molecule has 118 valence electrons. The van der Waals surface area contributed by atoms with Crippen molar-refractivity contribution in [2.45, 2.75) is 26.4 Å². The van der Waals surface area contributed by atoms with E-state index in [0.29, 0.717) is 28.1 Å². The number of furan rings is 1. The second kappa shape index (κ2) is 7.18. The number of benzene rings is 1. The molecule has 1 N–H and O–H groups in total. The van der Waals surface area contributed by atoms with Crippen LogP contribution in [0.4, 0.5) is 0 Å². The fourth-order valence-corrected chi connectivity index (χ4v) is 2.36. The average Bonchev–Trinajstić information content (AvgIpc) is 2.89. The van der Waals surface area contributed by atoms with Gasteiger partial charge in [0, 0.05) is 11.6 Å². The van der Waals surface area contributed by atoms with Gasteiger partial charge in [0.1, 0.15) is 11.5 Å². The monoisotopic (exact) mass is 341 g/mol. The lowest BCUT2D eigenvalue weighted by Crippen LogP contribution is -2.34. The molecule has 0 fully saturated rings. The summed E-state index contributed by atoms with van der Waals surface area (Å²) >= 11 is 11.9. The molecule has 22 heavy (non-hydrogen) atoms. The van der Waals surface area contributed by atoms with E-state index in [1.165, 1.54) is 0 Å². The number of hydrogen-bond donors (Lipinski definition) is 1. The van der Waals surface area contributed by atoms with Crippen LogP contribution in [0.1, 0.15) is 19.6 Å². The van der Waals surface area contributed by atoms with E-state index in [1.54, 1.807) is 12.1 Å². The van der Waals surface area contributed by atoms with Gasteiger partial charge in [-0.2, -0.15) is 0 Å². The Bertz CT molecular complexity index is 667. The largest absolute Gasteiger partial charge is 0.480 e. The predicted molar refractivity (Wildman–Crippen MR) is 87.3 cm³/mol.